The average molecular weight is 326 g/mol. The summed E-state index contributed by atoms with van der Waals surface area (Å²) in [7, 11) is 0. The van der Waals surface area contributed by atoms with E-state index in [9.17, 15) is 0 Å². The Morgan fingerprint density at radius 3 is 2.83 bits per heavy atom. The van der Waals surface area contributed by atoms with Gasteiger partial charge in [-0.3, -0.25) is 4.90 Å². The van der Waals surface area contributed by atoms with E-state index < -0.39 is 0 Å². The number of fused-ring (bicyclic) bond motifs is 1. The molecule has 24 heavy (non-hydrogen) atoms. The van der Waals surface area contributed by atoms with E-state index in [1.54, 1.807) is 0 Å². The van der Waals surface area contributed by atoms with E-state index in [2.05, 4.69) is 50.3 Å². The zero-order valence-corrected chi connectivity index (χ0v) is 13.7. The van der Waals surface area contributed by atoms with Crippen LogP contribution >= 0.6 is 0 Å². The summed E-state index contributed by atoms with van der Waals surface area (Å²) in [4.78, 5) is 9.32. The molecule has 0 radical (unpaired) electrons. The molecule has 3 fully saturated rings. The minimum atomic E-state index is 0.221. The number of benzene rings is 1. The van der Waals surface area contributed by atoms with Crippen LogP contribution in [0.1, 0.15) is 30.1 Å². The third-order valence-corrected chi connectivity index (χ3v) is 5.29. The molecule has 2 atom stereocenters. The number of nitrogens with zero attached hydrogens (tertiary/aromatic N) is 4. The van der Waals surface area contributed by atoms with Crippen LogP contribution in [0.4, 0.5) is 6.01 Å². The van der Waals surface area contributed by atoms with Crippen molar-refractivity contribution >= 4 is 6.01 Å². The number of hydrogen-bond donors (Lipinski definition) is 0. The van der Waals surface area contributed by atoms with Crippen LogP contribution in [0.15, 0.2) is 34.9 Å². The molecule has 3 heterocycles. The fourth-order valence-electron chi connectivity index (χ4n) is 3.79. The molecule has 2 aromatic rings. The molecular formula is C18H22N4O2. The van der Waals surface area contributed by atoms with Crippen LogP contribution in [-0.2, 0) is 11.3 Å². The molecule has 0 N–H and O–H groups in total. The van der Waals surface area contributed by atoms with Gasteiger partial charge >= 0.3 is 6.01 Å². The van der Waals surface area contributed by atoms with Crippen LogP contribution in [0, 0.1) is 0 Å². The van der Waals surface area contributed by atoms with Crippen molar-refractivity contribution in [3.63, 3.8) is 0 Å². The number of aromatic nitrogens is 2. The van der Waals surface area contributed by atoms with E-state index in [4.69, 9.17) is 9.26 Å². The van der Waals surface area contributed by atoms with Crippen molar-refractivity contribution in [2.45, 2.75) is 37.5 Å². The molecule has 2 aliphatic heterocycles. The van der Waals surface area contributed by atoms with Crippen molar-refractivity contribution in [2.75, 3.05) is 31.1 Å². The smallest absolute Gasteiger partial charge is 0.324 e. The molecule has 0 spiro atoms. The van der Waals surface area contributed by atoms with Gasteiger partial charge in [0.25, 0.3) is 0 Å². The third kappa shape index (κ3) is 2.70. The van der Waals surface area contributed by atoms with Gasteiger partial charge in [-0.25, -0.2) is 0 Å². The van der Waals surface area contributed by atoms with Gasteiger partial charge in [0.1, 0.15) is 0 Å². The highest BCUT2D eigenvalue weighted by Gasteiger charge is 2.42. The minimum Gasteiger partial charge on any atom is -0.373 e. The SMILES string of the molecule is c1ccc(CN2CCO[C@@H]3CN(c4nc(C5CC5)no4)C[C@H]32)cc1. The van der Waals surface area contributed by atoms with Gasteiger partial charge in [0.15, 0.2) is 5.82 Å². The van der Waals surface area contributed by atoms with Crippen molar-refractivity contribution in [3.8, 4) is 0 Å². The summed E-state index contributed by atoms with van der Waals surface area (Å²) in [6.07, 6.45) is 2.61. The van der Waals surface area contributed by atoms with E-state index in [1.807, 2.05) is 0 Å². The molecule has 2 saturated heterocycles. The number of anilines is 1. The Labute approximate surface area is 141 Å². The molecule has 5 rings (SSSR count). The van der Waals surface area contributed by atoms with E-state index >= 15 is 0 Å². The quantitative estimate of drug-likeness (QED) is 0.857. The van der Waals surface area contributed by atoms with Gasteiger partial charge in [0.2, 0.25) is 0 Å². The zero-order chi connectivity index (χ0) is 15.9. The maximum atomic E-state index is 6.01. The van der Waals surface area contributed by atoms with Gasteiger partial charge in [-0.05, 0) is 18.4 Å². The lowest BCUT2D eigenvalue weighted by Crippen LogP contribution is -2.50. The molecular weight excluding hydrogens is 304 g/mol. The first kappa shape index (κ1) is 14.4. The Hall–Kier alpha value is -1.92. The largest absolute Gasteiger partial charge is 0.373 e. The second-order valence-corrected chi connectivity index (χ2v) is 7.05. The second kappa shape index (κ2) is 5.86. The number of rotatable bonds is 4. The second-order valence-electron chi connectivity index (χ2n) is 7.05. The van der Waals surface area contributed by atoms with Crippen molar-refractivity contribution in [1.29, 1.82) is 0 Å². The third-order valence-electron chi connectivity index (χ3n) is 5.29. The van der Waals surface area contributed by atoms with Crippen molar-refractivity contribution in [3.05, 3.63) is 41.7 Å². The molecule has 1 saturated carbocycles. The molecule has 6 heteroatoms. The predicted octanol–water partition coefficient (Wildman–Crippen LogP) is 2.04. The summed E-state index contributed by atoms with van der Waals surface area (Å²) in [5, 5.41) is 4.14. The minimum absolute atomic E-state index is 0.221. The summed E-state index contributed by atoms with van der Waals surface area (Å²) in [5.74, 6) is 1.40. The predicted molar refractivity (Wildman–Crippen MR) is 88.9 cm³/mol. The molecule has 1 aromatic carbocycles. The molecule has 0 amide bonds. The highest BCUT2D eigenvalue weighted by atomic mass is 16.5. The molecule has 0 unspecified atom stereocenters. The summed E-state index contributed by atoms with van der Waals surface area (Å²) in [5.41, 5.74) is 1.35. The Bertz CT molecular complexity index is 700. The zero-order valence-electron chi connectivity index (χ0n) is 13.7. The normalized spacial score (nSPS) is 27.4. The first-order chi connectivity index (χ1) is 11.9. The van der Waals surface area contributed by atoms with Gasteiger partial charge in [-0.2, -0.15) is 4.98 Å². The highest BCUT2D eigenvalue weighted by Crippen LogP contribution is 2.39. The van der Waals surface area contributed by atoms with Crippen molar-refractivity contribution < 1.29 is 9.26 Å². The molecule has 1 aliphatic carbocycles. The summed E-state index contributed by atoms with van der Waals surface area (Å²) < 4.78 is 11.5. The first-order valence-corrected chi connectivity index (χ1v) is 8.85. The monoisotopic (exact) mass is 326 g/mol. The van der Waals surface area contributed by atoms with Crippen LogP contribution in [0.25, 0.3) is 0 Å². The van der Waals surface area contributed by atoms with Gasteiger partial charge in [0, 0.05) is 25.6 Å². The van der Waals surface area contributed by atoms with Gasteiger partial charge < -0.3 is 14.2 Å². The lowest BCUT2D eigenvalue weighted by molar-refractivity contribution is -0.0499. The fraction of sp³-hybridized carbons (Fsp3) is 0.556. The maximum absolute atomic E-state index is 6.01. The van der Waals surface area contributed by atoms with E-state index in [0.717, 1.165) is 38.6 Å². The Kier molecular flexibility index (Phi) is 3.52. The van der Waals surface area contributed by atoms with Gasteiger partial charge in [0.05, 0.1) is 25.3 Å². The Morgan fingerprint density at radius 1 is 1.12 bits per heavy atom. The van der Waals surface area contributed by atoms with Gasteiger partial charge in [-0.1, -0.05) is 35.5 Å². The summed E-state index contributed by atoms with van der Waals surface area (Å²) in [6.45, 7) is 4.46. The van der Waals surface area contributed by atoms with Crippen molar-refractivity contribution in [2.24, 2.45) is 0 Å². The van der Waals surface area contributed by atoms with Gasteiger partial charge in [-0.15, -0.1) is 0 Å². The fourth-order valence-corrected chi connectivity index (χ4v) is 3.79. The maximum Gasteiger partial charge on any atom is 0.324 e. The summed E-state index contributed by atoms with van der Waals surface area (Å²) >= 11 is 0. The average Bonchev–Trinajstić information content (AvgIpc) is 3.18. The lowest BCUT2D eigenvalue weighted by Gasteiger charge is -2.36. The van der Waals surface area contributed by atoms with Crippen LogP contribution in [0.5, 0.6) is 0 Å². The van der Waals surface area contributed by atoms with E-state index in [-0.39, 0.29) is 6.10 Å². The van der Waals surface area contributed by atoms with Crippen LogP contribution in [-0.4, -0.2) is 53.4 Å². The standard InChI is InChI=1S/C18H22N4O2/c1-2-4-13(5-3-1)10-21-8-9-23-16-12-22(11-15(16)21)18-19-17(20-24-18)14-6-7-14/h1-5,14-16H,6-12H2/t15-,16-/m1/s1. The van der Waals surface area contributed by atoms with Crippen LogP contribution in [0.3, 0.4) is 0 Å². The van der Waals surface area contributed by atoms with Crippen molar-refractivity contribution in [1.82, 2.24) is 15.0 Å². The molecule has 6 nitrogen and oxygen atoms in total. The Morgan fingerprint density at radius 2 is 2.00 bits per heavy atom. The topological polar surface area (TPSA) is 54.6 Å². The number of hydrogen-bond acceptors (Lipinski definition) is 6. The van der Waals surface area contributed by atoms with Crippen LogP contribution < -0.4 is 4.90 Å². The van der Waals surface area contributed by atoms with E-state index in [1.165, 1.54) is 18.4 Å². The molecule has 3 aliphatic rings. The number of ether oxygens (including phenoxy) is 1. The molecule has 1 aromatic heterocycles. The molecule has 0 bridgehead atoms. The molecule has 126 valence electrons. The first-order valence-electron chi connectivity index (χ1n) is 8.85. The van der Waals surface area contributed by atoms with E-state index in [0.29, 0.717) is 18.0 Å². The summed E-state index contributed by atoms with van der Waals surface area (Å²) in [6, 6.07) is 11.7. The number of morpholine rings is 1. The highest BCUT2D eigenvalue weighted by molar-refractivity contribution is 5.31. The lowest BCUT2D eigenvalue weighted by atomic mass is 10.1. The van der Waals surface area contributed by atoms with Crippen LogP contribution in [0.2, 0.25) is 0 Å². The Balaban J connectivity index is 1.30.